The van der Waals surface area contributed by atoms with Gasteiger partial charge in [-0.1, -0.05) is 98.8 Å². The molecule has 0 bridgehead atoms. The zero-order valence-electron chi connectivity index (χ0n) is 29.6. The highest BCUT2D eigenvalue weighted by atomic mass is 15.0. The Morgan fingerprint density at radius 3 is 1.39 bits per heavy atom. The first-order chi connectivity index (χ1) is 24.7. The molecule has 0 spiro atoms. The van der Waals surface area contributed by atoms with Crippen LogP contribution in [0.3, 0.4) is 0 Å². The summed E-state index contributed by atoms with van der Waals surface area (Å²) in [6.45, 7) is 12.4. The maximum atomic E-state index is 4.75. The van der Waals surface area contributed by atoms with Gasteiger partial charge in [-0.05, 0) is 118 Å². The standard InChI is InChI=1S/C45H36N6/c1-25-46-26(2)49-43(48-25)31-18-20-34-36(21-31)42(30-15-11-8-12-16-30)37-23-35-33-19-17-32(44-50-27(3)47-28(4)51-44)22-39(33)45(5,6)40(35)24-38(37)41(34)29-13-9-7-10-14-29/h7-24H,1-6H3. The highest BCUT2D eigenvalue weighted by Gasteiger charge is 2.37. The number of fused-ring (bicyclic) bond motifs is 5. The summed E-state index contributed by atoms with van der Waals surface area (Å²) in [5.74, 6) is 4.28. The molecular weight excluding hydrogens is 625 g/mol. The molecule has 2 aromatic heterocycles. The molecule has 6 aromatic carbocycles. The van der Waals surface area contributed by atoms with Gasteiger partial charge in [0.2, 0.25) is 0 Å². The van der Waals surface area contributed by atoms with Gasteiger partial charge in [0.1, 0.15) is 23.3 Å². The van der Waals surface area contributed by atoms with Crippen LogP contribution in [0.25, 0.3) is 77.7 Å². The van der Waals surface area contributed by atoms with Crippen LogP contribution in [0.2, 0.25) is 0 Å². The molecule has 0 fully saturated rings. The molecule has 0 saturated heterocycles. The molecule has 6 heteroatoms. The first-order valence-electron chi connectivity index (χ1n) is 17.4. The van der Waals surface area contributed by atoms with Crippen LogP contribution in [0, 0.1) is 27.7 Å². The number of nitrogens with zero attached hydrogens (tertiary/aromatic N) is 6. The van der Waals surface area contributed by atoms with Crippen molar-refractivity contribution in [3.63, 3.8) is 0 Å². The molecule has 0 N–H and O–H groups in total. The van der Waals surface area contributed by atoms with Crippen molar-refractivity contribution in [2.75, 3.05) is 0 Å². The molecule has 51 heavy (non-hydrogen) atoms. The van der Waals surface area contributed by atoms with Gasteiger partial charge in [-0.15, -0.1) is 0 Å². The van der Waals surface area contributed by atoms with Crippen LogP contribution in [0.4, 0.5) is 0 Å². The molecule has 2 heterocycles. The number of aromatic nitrogens is 6. The second kappa shape index (κ2) is 11.5. The van der Waals surface area contributed by atoms with Gasteiger partial charge >= 0.3 is 0 Å². The lowest BCUT2D eigenvalue weighted by Gasteiger charge is -2.24. The number of rotatable bonds is 4. The maximum Gasteiger partial charge on any atom is 0.163 e. The summed E-state index contributed by atoms with van der Waals surface area (Å²) in [5, 5.41) is 4.79. The van der Waals surface area contributed by atoms with Crippen molar-refractivity contribution in [1.82, 2.24) is 29.9 Å². The van der Waals surface area contributed by atoms with Gasteiger partial charge in [0.05, 0.1) is 0 Å². The third-order valence-electron chi connectivity index (χ3n) is 10.3. The van der Waals surface area contributed by atoms with E-state index in [1.54, 1.807) is 0 Å². The van der Waals surface area contributed by atoms with Crippen LogP contribution >= 0.6 is 0 Å². The monoisotopic (exact) mass is 660 g/mol. The fourth-order valence-corrected chi connectivity index (χ4v) is 8.05. The molecule has 1 aliphatic carbocycles. The maximum absolute atomic E-state index is 4.75. The van der Waals surface area contributed by atoms with Crippen molar-refractivity contribution in [3.8, 4) is 56.2 Å². The summed E-state index contributed by atoms with van der Waals surface area (Å²) >= 11 is 0. The van der Waals surface area contributed by atoms with E-state index in [1.165, 1.54) is 60.7 Å². The Balaban J connectivity index is 1.39. The van der Waals surface area contributed by atoms with Gasteiger partial charge in [0, 0.05) is 16.5 Å². The second-order valence-corrected chi connectivity index (χ2v) is 14.1. The van der Waals surface area contributed by atoms with Crippen molar-refractivity contribution >= 4 is 21.5 Å². The number of benzene rings is 6. The molecule has 6 nitrogen and oxygen atoms in total. The Morgan fingerprint density at radius 1 is 0.373 bits per heavy atom. The molecule has 8 aromatic rings. The van der Waals surface area contributed by atoms with Gasteiger partial charge in [-0.25, -0.2) is 29.9 Å². The van der Waals surface area contributed by atoms with Crippen LogP contribution in [-0.2, 0) is 5.41 Å². The largest absolute Gasteiger partial charge is 0.219 e. The Kier molecular flexibility index (Phi) is 6.94. The molecule has 0 amide bonds. The lowest BCUT2D eigenvalue weighted by Crippen LogP contribution is -2.15. The summed E-state index contributed by atoms with van der Waals surface area (Å²) in [4.78, 5) is 27.7. The summed E-state index contributed by atoms with van der Waals surface area (Å²) in [6, 6.07) is 39.8. The predicted octanol–water partition coefficient (Wildman–Crippen LogP) is 10.6. The Labute approximate surface area is 297 Å². The highest BCUT2D eigenvalue weighted by Crippen LogP contribution is 2.54. The third kappa shape index (κ3) is 5.01. The van der Waals surface area contributed by atoms with E-state index >= 15 is 0 Å². The Hall–Kier alpha value is -6.14. The summed E-state index contributed by atoms with van der Waals surface area (Å²) in [5.41, 5.74) is 11.6. The van der Waals surface area contributed by atoms with E-state index < -0.39 is 0 Å². The minimum Gasteiger partial charge on any atom is -0.219 e. The smallest absolute Gasteiger partial charge is 0.163 e. The molecule has 1 aliphatic rings. The van der Waals surface area contributed by atoms with Crippen LogP contribution in [0.1, 0.15) is 48.3 Å². The molecule has 0 unspecified atom stereocenters. The number of hydrogen-bond donors (Lipinski definition) is 0. The summed E-state index contributed by atoms with van der Waals surface area (Å²) in [7, 11) is 0. The van der Waals surface area contributed by atoms with Crippen molar-refractivity contribution in [1.29, 1.82) is 0 Å². The van der Waals surface area contributed by atoms with Crippen molar-refractivity contribution in [2.45, 2.75) is 47.0 Å². The van der Waals surface area contributed by atoms with E-state index in [4.69, 9.17) is 19.9 Å². The normalized spacial score (nSPS) is 13.1. The first kappa shape index (κ1) is 30.9. The van der Waals surface area contributed by atoms with Gasteiger partial charge in [0.25, 0.3) is 0 Å². The second-order valence-electron chi connectivity index (χ2n) is 14.1. The van der Waals surface area contributed by atoms with E-state index in [-0.39, 0.29) is 5.41 Å². The average molecular weight is 661 g/mol. The Bertz CT molecular complexity index is 2660. The quantitative estimate of drug-likeness (QED) is 0.175. The fourth-order valence-electron chi connectivity index (χ4n) is 8.05. The molecular formula is C45H36N6. The summed E-state index contributed by atoms with van der Waals surface area (Å²) < 4.78 is 0. The topological polar surface area (TPSA) is 77.3 Å². The fraction of sp³-hybridized carbons (Fsp3) is 0.156. The molecule has 0 aliphatic heterocycles. The zero-order valence-corrected chi connectivity index (χ0v) is 29.6. The van der Waals surface area contributed by atoms with E-state index in [0.717, 1.165) is 28.2 Å². The SMILES string of the molecule is Cc1nc(C)nc(-c2ccc3c(c2)C(C)(C)c2cc4c(-c5ccccc5)c5ccc(-c6nc(C)nc(C)n6)cc5c(-c5ccccc5)c4cc2-3)n1. The molecule has 0 saturated carbocycles. The first-order valence-corrected chi connectivity index (χ1v) is 17.4. The lowest BCUT2D eigenvalue weighted by molar-refractivity contribution is 0.661. The molecule has 9 rings (SSSR count). The van der Waals surface area contributed by atoms with Gasteiger partial charge in [-0.2, -0.15) is 0 Å². The average Bonchev–Trinajstić information content (AvgIpc) is 3.34. The van der Waals surface area contributed by atoms with Crippen LogP contribution < -0.4 is 0 Å². The van der Waals surface area contributed by atoms with Crippen molar-refractivity contribution in [3.05, 3.63) is 144 Å². The number of aryl methyl sites for hydroxylation is 4. The van der Waals surface area contributed by atoms with Crippen LogP contribution in [0.5, 0.6) is 0 Å². The van der Waals surface area contributed by atoms with Gasteiger partial charge in [-0.3, -0.25) is 0 Å². The lowest BCUT2D eigenvalue weighted by atomic mass is 9.79. The molecule has 0 radical (unpaired) electrons. The van der Waals surface area contributed by atoms with E-state index in [1.807, 2.05) is 27.7 Å². The van der Waals surface area contributed by atoms with E-state index in [2.05, 4.69) is 133 Å². The summed E-state index contributed by atoms with van der Waals surface area (Å²) in [6.07, 6.45) is 0. The van der Waals surface area contributed by atoms with E-state index in [0.29, 0.717) is 23.3 Å². The van der Waals surface area contributed by atoms with Crippen LogP contribution in [-0.4, -0.2) is 29.9 Å². The Morgan fingerprint density at radius 2 is 0.824 bits per heavy atom. The third-order valence-corrected chi connectivity index (χ3v) is 10.3. The minimum atomic E-state index is -0.250. The predicted molar refractivity (Wildman–Crippen MR) is 206 cm³/mol. The van der Waals surface area contributed by atoms with Crippen LogP contribution in [0.15, 0.2) is 109 Å². The molecule has 246 valence electrons. The zero-order chi connectivity index (χ0) is 35.0. The minimum absolute atomic E-state index is 0.250. The van der Waals surface area contributed by atoms with Gasteiger partial charge < -0.3 is 0 Å². The van der Waals surface area contributed by atoms with Crippen molar-refractivity contribution in [2.24, 2.45) is 0 Å². The van der Waals surface area contributed by atoms with Crippen molar-refractivity contribution < 1.29 is 0 Å². The van der Waals surface area contributed by atoms with Gasteiger partial charge in [0.15, 0.2) is 11.6 Å². The molecule has 0 atom stereocenters. The highest BCUT2D eigenvalue weighted by molar-refractivity contribution is 6.23. The number of hydrogen-bond acceptors (Lipinski definition) is 6. The van der Waals surface area contributed by atoms with E-state index in [9.17, 15) is 0 Å².